The SMILES string of the molecule is C=C(O)/C(=C\Cc1ccc(C)cc1)CC/C=C(\C)CCC=C(C)C. The average Bonchev–Trinajstić information content (AvgIpc) is 2.51. The molecule has 1 aromatic rings. The summed E-state index contributed by atoms with van der Waals surface area (Å²) in [6.45, 7) is 12.3. The van der Waals surface area contributed by atoms with Crippen LogP contribution < -0.4 is 0 Å². The van der Waals surface area contributed by atoms with Gasteiger partial charge in [0, 0.05) is 0 Å². The molecule has 1 aromatic carbocycles. The van der Waals surface area contributed by atoms with Crippen molar-refractivity contribution in [3.63, 3.8) is 0 Å². The van der Waals surface area contributed by atoms with Gasteiger partial charge in [-0.2, -0.15) is 0 Å². The quantitative estimate of drug-likeness (QED) is 0.294. The molecule has 0 aliphatic heterocycles. The van der Waals surface area contributed by atoms with Crippen molar-refractivity contribution in [3.8, 4) is 0 Å². The van der Waals surface area contributed by atoms with E-state index in [1.807, 2.05) is 0 Å². The van der Waals surface area contributed by atoms with Gasteiger partial charge in [-0.15, -0.1) is 0 Å². The molecule has 0 radical (unpaired) electrons. The Morgan fingerprint density at radius 1 is 0.958 bits per heavy atom. The molecule has 1 heteroatoms. The standard InChI is InChI=1S/C23H32O/c1-18(2)8-6-9-19(3)10-7-11-23(21(5)24)17-16-22-14-12-20(4)13-15-22/h8,10,12-15,17,24H,5-7,9,11,16H2,1-4H3/b19-10+,23-17-. The highest BCUT2D eigenvalue weighted by molar-refractivity contribution is 5.28. The van der Waals surface area contributed by atoms with Gasteiger partial charge < -0.3 is 5.11 Å². The average molecular weight is 325 g/mol. The van der Waals surface area contributed by atoms with Gasteiger partial charge in [-0.05, 0) is 70.9 Å². The summed E-state index contributed by atoms with van der Waals surface area (Å²) in [6, 6.07) is 8.51. The second-order valence-corrected chi connectivity index (χ2v) is 6.78. The normalized spacial score (nSPS) is 12.2. The maximum Gasteiger partial charge on any atom is 0.111 e. The van der Waals surface area contributed by atoms with Crippen LogP contribution in [0.3, 0.4) is 0 Å². The molecule has 0 unspecified atom stereocenters. The summed E-state index contributed by atoms with van der Waals surface area (Å²) in [5.74, 6) is 0.192. The highest BCUT2D eigenvalue weighted by Gasteiger charge is 2.01. The van der Waals surface area contributed by atoms with Gasteiger partial charge in [0.25, 0.3) is 0 Å². The van der Waals surface area contributed by atoms with E-state index in [9.17, 15) is 5.11 Å². The summed E-state index contributed by atoms with van der Waals surface area (Å²) in [4.78, 5) is 0. The Kier molecular flexibility index (Phi) is 8.93. The van der Waals surface area contributed by atoms with Crippen molar-refractivity contribution in [2.24, 2.45) is 0 Å². The topological polar surface area (TPSA) is 20.2 Å². The van der Waals surface area contributed by atoms with Crippen molar-refractivity contribution in [2.45, 2.75) is 59.8 Å². The monoisotopic (exact) mass is 324 g/mol. The Morgan fingerprint density at radius 2 is 1.58 bits per heavy atom. The Morgan fingerprint density at radius 3 is 2.17 bits per heavy atom. The molecule has 0 bridgehead atoms. The Balaban J connectivity index is 2.53. The Bertz CT molecular complexity index is 608. The van der Waals surface area contributed by atoms with E-state index in [2.05, 4.69) is 76.8 Å². The molecule has 1 N–H and O–H groups in total. The highest BCUT2D eigenvalue weighted by Crippen LogP contribution is 2.17. The molecule has 0 heterocycles. The fourth-order valence-corrected chi connectivity index (χ4v) is 2.49. The smallest absolute Gasteiger partial charge is 0.111 e. The molecular weight excluding hydrogens is 292 g/mol. The minimum Gasteiger partial charge on any atom is -0.508 e. The number of aliphatic hydroxyl groups excluding tert-OH is 1. The van der Waals surface area contributed by atoms with Crippen LogP contribution in [0.4, 0.5) is 0 Å². The molecule has 0 aliphatic carbocycles. The molecule has 24 heavy (non-hydrogen) atoms. The van der Waals surface area contributed by atoms with Crippen molar-refractivity contribution in [3.05, 3.63) is 82.7 Å². The van der Waals surface area contributed by atoms with Gasteiger partial charge in [0.15, 0.2) is 0 Å². The first-order valence-electron chi connectivity index (χ1n) is 8.80. The number of benzene rings is 1. The third-order valence-corrected chi connectivity index (χ3v) is 4.07. The first kappa shape index (κ1) is 20.0. The zero-order valence-corrected chi connectivity index (χ0v) is 15.7. The van der Waals surface area contributed by atoms with E-state index in [1.54, 1.807) is 0 Å². The zero-order chi connectivity index (χ0) is 17.9. The first-order chi connectivity index (χ1) is 11.4. The van der Waals surface area contributed by atoms with E-state index in [4.69, 9.17) is 0 Å². The molecule has 1 rings (SSSR count). The van der Waals surface area contributed by atoms with Gasteiger partial charge in [0.05, 0.1) is 0 Å². The Labute approximate surface area is 148 Å². The fourth-order valence-electron chi connectivity index (χ4n) is 2.49. The lowest BCUT2D eigenvalue weighted by Crippen LogP contribution is -1.91. The summed E-state index contributed by atoms with van der Waals surface area (Å²) in [5, 5.41) is 9.81. The molecule has 0 aliphatic rings. The predicted octanol–water partition coefficient (Wildman–Crippen LogP) is 7.01. The molecule has 0 fully saturated rings. The van der Waals surface area contributed by atoms with Crippen molar-refractivity contribution >= 4 is 0 Å². The molecule has 0 aromatic heterocycles. The van der Waals surface area contributed by atoms with Gasteiger partial charge in [0.1, 0.15) is 5.76 Å². The maximum atomic E-state index is 9.81. The van der Waals surface area contributed by atoms with Crippen molar-refractivity contribution in [2.75, 3.05) is 0 Å². The summed E-state index contributed by atoms with van der Waals surface area (Å²) in [7, 11) is 0. The minimum atomic E-state index is 0.192. The lowest BCUT2D eigenvalue weighted by Gasteiger charge is -2.06. The summed E-state index contributed by atoms with van der Waals surface area (Å²) < 4.78 is 0. The molecule has 0 spiro atoms. The maximum absolute atomic E-state index is 9.81. The fraction of sp³-hybridized carbons (Fsp3) is 0.391. The highest BCUT2D eigenvalue weighted by atomic mass is 16.3. The van der Waals surface area contributed by atoms with Crippen LogP contribution in [0.5, 0.6) is 0 Å². The zero-order valence-electron chi connectivity index (χ0n) is 15.7. The van der Waals surface area contributed by atoms with Gasteiger partial charge in [-0.25, -0.2) is 0 Å². The first-order valence-corrected chi connectivity index (χ1v) is 8.80. The van der Waals surface area contributed by atoms with E-state index in [0.29, 0.717) is 0 Å². The number of aliphatic hydroxyl groups is 1. The van der Waals surface area contributed by atoms with Crippen LogP contribution in [0.25, 0.3) is 0 Å². The van der Waals surface area contributed by atoms with E-state index >= 15 is 0 Å². The van der Waals surface area contributed by atoms with Gasteiger partial charge in [-0.3, -0.25) is 0 Å². The molecule has 0 atom stereocenters. The summed E-state index contributed by atoms with van der Waals surface area (Å²) in [5.41, 5.74) is 6.26. The third-order valence-electron chi connectivity index (χ3n) is 4.07. The van der Waals surface area contributed by atoms with E-state index in [1.165, 1.54) is 22.3 Å². The number of hydrogen-bond acceptors (Lipinski definition) is 1. The second kappa shape index (κ2) is 10.7. The van der Waals surface area contributed by atoms with Gasteiger partial charge >= 0.3 is 0 Å². The van der Waals surface area contributed by atoms with Crippen LogP contribution >= 0.6 is 0 Å². The van der Waals surface area contributed by atoms with Crippen molar-refractivity contribution < 1.29 is 5.11 Å². The van der Waals surface area contributed by atoms with E-state index in [0.717, 1.165) is 37.7 Å². The lowest BCUT2D eigenvalue weighted by atomic mass is 10.0. The van der Waals surface area contributed by atoms with Crippen LogP contribution in [0.1, 0.15) is 57.6 Å². The third kappa shape index (κ3) is 8.57. The van der Waals surface area contributed by atoms with Crippen molar-refractivity contribution in [1.82, 2.24) is 0 Å². The lowest BCUT2D eigenvalue weighted by molar-refractivity contribution is 0.421. The van der Waals surface area contributed by atoms with Crippen LogP contribution in [0.15, 0.2) is 71.6 Å². The Hall–Kier alpha value is -2.02. The largest absolute Gasteiger partial charge is 0.508 e. The van der Waals surface area contributed by atoms with Crippen LogP contribution in [-0.2, 0) is 6.42 Å². The molecule has 0 amide bonds. The number of hydrogen-bond donors (Lipinski definition) is 1. The minimum absolute atomic E-state index is 0.192. The van der Waals surface area contributed by atoms with Gasteiger partial charge in [0.2, 0.25) is 0 Å². The molecule has 1 nitrogen and oxygen atoms in total. The summed E-state index contributed by atoms with van der Waals surface area (Å²) in [6.07, 6.45) is 11.5. The number of aryl methyl sites for hydroxylation is 1. The second-order valence-electron chi connectivity index (χ2n) is 6.78. The van der Waals surface area contributed by atoms with Crippen molar-refractivity contribution in [1.29, 1.82) is 0 Å². The van der Waals surface area contributed by atoms with Crippen LogP contribution in [-0.4, -0.2) is 5.11 Å². The van der Waals surface area contributed by atoms with Gasteiger partial charge in [-0.1, -0.05) is 65.8 Å². The van der Waals surface area contributed by atoms with Crippen LogP contribution in [0, 0.1) is 6.92 Å². The van der Waals surface area contributed by atoms with Crippen LogP contribution in [0.2, 0.25) is 0 Å². The molecule has 130 valence electrons. The summed E-state index contributed by atoms with van der Waals surface area (Å²) >= 11 is 0. The predicted molar refractivity (Wildman–Crippen MR) is 106 cm³/mol. The van der Waals surface area contributed by atoms with E-state index < -0.39 is 0 Å². The molecule has 0 saturated carbocycles. The molecular formula is C23H32O. The molecule has 0 saturated heterocycles. The number of allylic oxidation sites excluding steroid dienone is 6. The number of rotatable bonds is 9. The van der Waals surface area contributed by atoms with E-state index in [-0.39, 0.29) is 5.76 Å².